The van der Waals surface area contributed by atoms with Gasteiger partial charge in [-0.15, -0.1) is 0 Å². The summed E-state index contributed by atoms with van der Waals surface area (Å²) in [6, 6.07) is 16.8. The number of aliphatic hydroxyl groups excluding tert-OH is 1. The molecule has 7 nitrogen and oxygen atoms in total. The number of halogens is 3. The summed E-state index contributed by atoms with van der Waals surface area (Å²) < 4.78 is 28.0. The van der Waals surface area contributed by atoms with E-state index in [0.717, 1.165) is 5.56 Å². The lowest BCUT2D eigenvalue weighted by Crippen LogP contribution is -2.57. The topological polar surface area (TPSA) is 94.1 Å². The third kappa shape index (κ3) is 7.09. The molecule has 0 aromatic heterocycles. The number of alkyl halides is 3. The lowest BCUT2D eigenvalue weighted by atomic mass is 10.1. The average molecular weight is 509 g/mol. The minimum Gasteiger partial charge on any atom is -0.424 e. The predicted octanol–water partition coefficient (Wildman–Crippen LogP) is 4.09. The summed E-state index contributed by atoms with van der Waals surface area (Å²) in [6.45, 7) is 0.154. The quantitative estimate of drug-likeness (QED) is 0.432. The van der Waals surface area contributed by atoms with Gasteiger partial charge in [-0.3, -0.25) is 9.32 Å². The van der Waals surface area contributed by atoms with Crippen LogP contribution >= 0.6 is 42.4 Å². The molecule has 1 aliphatic heterocycles. The number of benzene rings is 2. The van der Waals surface area contributed by atoms with Crippen LogP contribution in [-0.2, 0) is 25.2 Å². The van der Waals surface area contributed by atoms with Crippen LogP contribution in [0.25, 0.3) is 0 Å². The first-order valence-corrected chi connectivity index (χ1v) is 12.2. The Balaban J connectivity index is 1.74. The van der Waals surface area contributed by atoms with Gasteiger partial charge < -0.3 is 19.7 Å². The number of para-hydroxylation sites is 1. The lowest BCUT2D eigenvalue weighted by Gasteiger charge is -2.39. The summed E-state index contributed by atoms with van der Waals surface area (Å²) >= 11 is 16.9. The number of carbonyl (C=O) groups is 1. The fraction of sp³-hybridized carbons (Fsp3) is 0.350. The van der Waals surface area contributed by atoms with Crippen molar-refractivity contribution in [1.29, 1.82) is 0 Å². The molecule has 0 bridgehead atoms. The number of hydrogen-bond donors (Lipinski definition) is 2. The maximum Gasteiger partial charge on any atom is 0.381 e. The van der Waals surface area contributed by atoms with Crippen LogP contribution in [0.15, 0.2) is 60.7 Å². The Bertz CT molecular complexity index is 912. The van der Waals surface area contributed by atoms with Crippen molar-refractivity contribution in [2.24, 2.45) is 0 Å². The second kappa shape index (κ2) is 10.5. The van der Waals surface area contributed by atoms with Gasteiger partial charge in [0.2, 0.25) is 0 Å². The Labute approximate surface area is 195 Å². The van der Waals surface area contributed by atoms with E-state index in [1.165, 1.54) is 0 Å². The zero-order valence-corrected chi connectivity index (χ0v) is 19.4. The zero-order valence-electron chi connectivity index (χ0n) is 16.2. The van der Waals surface area contributed by atoms with Crippen LogP contribution < -0.4 is 9.84 Å². The summed E-state index contributed by atoms with van der Waals surface area (Å²) in [5.41, 5.74) is 0.914. The Morgan fingerprint density at radius 3 is 2.35 bits per heavy atom. The van der Waals surface area contributed by atoms with Gasteiger partial charge in [-0.1, -0.05) is 83.3 Å². The first-order chi connectivity index (χ1) is 14.7. The molecule has 0 spiro atoms. The largest absolute Gasteiger partial charge is 0.424 e. The first kappa shape index (κ1) is 24.3. The van der Waals surface area contributed by atoms with Crippen LogP contribution in [0.2, 0.25) is 0 Å². The number of aliphatic hydroxyl groups is 1. The average Bonchev–Trinajstić information content (AvgIpc) is 2.72. The smallest absolute Gasteiger partial charge is 0.381 e. The standard InChI is InChI=1S/C20H21Cl3NO6P/c21-20(22,23)19(26)24-16-13-31(27,29-15-9-5-2-6-10-15)30-17(18(16)25)12-28-11-14-7-3-1-4-8-14/h1-10,16-18,25H,11-13H2,(H,24,26)/t16-,17+,18-,31?/m0/s1. The van der Waals surface area contributed by atoms with E-state index in [9.17, 15) is 14.5 Å². The first-order valence-electron chi connectivity index (χ1n) is 9.36. The van der Waals surface area contributed by atoms with Gasteiger partial charge in [0.1, 0.15) is 18.0 Å². The van der Waals surface area contributed by atoms with Crippen LogP contribution in [0.1, 0.15) is 5.56 Å². The molecule has 2 N–H and O–H groups in total. The third-order valence-corrected chi connectivity index (χ3v) is 6.90. The molecule has 2 aromatic rings. The molecule has 168 valence electrons. The number of carbonyl (C=O) groups excluding carboxylic acids is 1. The molecular weight excluding hydrogens is 488 g/mol. The molecule has 1 heterocycles. The van der Waals surface area contributed by atoms with Crippen molar-refractivity contribution < 1.29 is 28.3 Å². The van der Waals surface area contributed by atoms with E-state index in [1.54, 1.807) is 30.3 Å². The van der Waals surface area contributed by atoms with Gasteiger partial charge in [0, 0.05) is 0 Å². The Kier molecular flexibility index (Phi) is 8.27. The number of ether oxygens (including phenoxy) is 1. The van der Waals surface area contributed by atoms with E-state index < -0.39 is 35.5 Å². The molecular formula is C20H21Cl3NO6P. The summed E-state index contributed by atoms with van der Waals surface area (Å²) in [5.74, 6) is -0.642. The third-order valence-electron chi connectivity index (χ3n) is 4.46. The van der Waals surface area contributed by atoms with Gasteiger partial charge >= 0.3 is 7.60 Å². The minimum atomic E-state index is -3.79. The Morgan fingerprint density at radius 2 is 1.74 bits per heavy atom. The normalized spacial score (nSPS) is 26.3. The van der Waals surface area contributed by atoms with Gasteiger partial charge in [0.25, 0.3) is 9.70 Å². The van der Waals surface area contributed by atoms with E-state index in [1.807, 2.05) is 30.3 Å². The summed E-state index contributed by atoms with van der Waals surface area (Å²) in [6.07, 6.45) is -2.63. The highest BCUT2D eigenvalue weighted by molar-refractivity contribution is 7.54. The van der Waals surface area contributed by atoms with Crippen molar-refractivity contribution >= 4 is 48.3 Å². The second-order valence-electron chi connectivity index (χ2n) is 6.91. The second-order valence-corrected chi connectivity index (χ2v) is 11.2. The van der Waals surface area contributed by atoms with Gasteiger partial charge in [-0.2, -0.15) is 0 Å². The number of hydrogen-bond acceptors (Lipinski definition) is 6. The summed E-state index contributed by atoms with van der Waals surface area (Å²) in [5, 5.41) is 13.1. The van der Waals surface area contributed by atoms with Crippen LogP contribution in [0.3, 0.4) is 0 Å². The van der Waals surface area contributed by atoms with Crippen molar-refractivity contribution in [1.82, 2.24) is 5.32 Å². The highest BCUT2D eigenvalue weighted by Gasteiger charge is 2.48. The molecule has 3 rings (SSSR count). The van der Waals surface area contributed by atoms with Crippen LogP contribution in [-0.4, -0.2) is 45.8 Å². The molecule has 1 amide bonds. The van der Waals surface area contributed by atoms with Crippen molar-refractivity contribution in [2.45, 2.75) is 28.6 Å². The highest BCUT2D eigenvalue weighted by atomic mass is 35.6. The zero-order chi connectivity index (χ0) is 22.5. The van der Waals surface area contributed by atoms with Crippen LogP contribution in [0.4, 0.5) is 0 Å². The van der Waals surface area contributed by atoms with Crippen molar-refractivity contribution in [3.8, 4) is 5.75 Å². The van der Waals surface area contributed by atoms with Crippen LogP contribution in [0, 0.1) is 0 Å². The molecule has 31 heavy (non-hydrogen) atoms. The fourth-order valence-corrected chi connectivity index (χ4v) is 5.20. The van der Waals surface area contributed by atoms with Crippen LogP contribution in [0.5, 0.6) is 5.75 Å². The van der Waals surface area contributed by atoms with E-state index >= 15 is 0 Å². The van der Waals surface area contributed by atoms with E-state index in [2.05, 4.69) is 5.32 Å². The molecule has 0 saturated carbocycles. The minimum absolute atomic E-state index is 0.0989. The lowest BCUT2D eigenvalue weighted by molar-refractivity contribution is -0.123. The SMILES string of the molecule is O=C(N[C@H]1CP(=O)(Oc2ccccc2)O[C@H](COCc2ccccc2)[C@H]1O)C(Cl)(Cl)Cl. The number of rotatable bonds is 7. The van der Waals surface area contributed by atoms with Gasteiger partial charge in [0.05, 0.1) is 25.4 Å². The van der Waals surface area contributed by atoms with Gasteiger partial charge in [-0.25, -0.2) is 4.57 Å². The molecule has 1 saturated heterocycles. The van der Waals surface area contributed by atoms with Gasteiger partial charge in [0.15, 0.2) is 0 Å². The van der Waals surface area contributed by atoms with Crippen molar-refractivity contribution in [3.05, 3.63) is 66.2 Å². The summed E-state index contributed by atoms with van der Waals surface area (Å²) in [7, 11) is -3.79. The van der Waals surface area contributed by atoms with Crippen molar-refractivity contribution in [2.75, 3.05) is 12.8 Å². The number of nitrogens with one attached hydrogen (secondary N) is 1. The Hall–Kier alpha value is -1.31. The maximum atomic E-state index is 13.4. The predicted molar refractivity (Wildman–Crippen MR) is 119 cm³/mol. The Morgan fingerprint density at radius 1 is 1.13 bits per heavy atom. The maximum absolute atomic E-state index is 13.4. The molecule has 1 aliphatic rings. The van der Waals surface area contributed by atoms with Gasteiger partial charge in [-0.05, 0) is 17.7 Å². The molecule has 2 aromatic carbocycles. The van der Waals surface area contributed by atoms with E-state index in [0.29, 0.717) is 5.75 Å². The molecule has 0 radical (unpaired) electrons. The molecule has 11 heteroatoms. The molecule has 4 atom stereocenters. The number of amides is 1. The molecule has 1 unspecified atom stereocenters. The molecule has 1 fully saturated rings. The van der Waals surface area contributed by atoms with Crippen molar-refractivity contribution in [3.63, 3.8) is 0 Å². The molecule has 0 aliphatic carbocycles. The van der Waals surface area contributed by atoms with E-state index in [-0.39, 0.29) is 19.4 Å². The fourth-order valence-electron chi connectivity index (χ4n) is 3.00. The summed E-state index contributed by atoms with van der Waals surface area (Å²) in [4.78, 5) is 12.1. The van der Waals surface area contributed by atoms with E-state index in [4.69, 9.17) is 48.6 Å². The monoisotopic (exact) mass is 507 g/mol. The highest BCUT2D eigenvalue weighted by Crippen LogP contribution is 2.53.